The largest absolute Gasteiger partial charge is 0.478 e. The van der Waals surface area contributed by atoms with Gasteiger partial charge in [-0.1, -0.05) is 36.4 Å². The zero-order valence-electron chi connectivity index (χ0n) is 7.27. The van der Waals surface area contributed by atoms with E-state index >= 15 is 0 Å². The van der Waals surface area contributed by atoms with Crippen LogP contribution in [0.3, 0.4) is 0 Å². The van der Waals surface area contributed by atoms with Crippen LogP contribution in [0.25, 0.3) is 0 Å². The molecule has 0 radical (unpaired) electrons. The fourth-order valence-electron chi connectivity index (χ4n) is 1.00. The van der Waals surface area contributed by atoms with E-state index in [9.17, 15) is 9.90 Å². The molecular weight excluding hydrogens is 204 g/mol. The monoisotopic (exact) mass is 212 g/mol. The van der Waals surface area contributed by atoms with Gasteiger partial charge in [-0.25, -0.2) is 4.79 Å². The number of carboxylic acids is 1. The molecule has 1 rings (SSSR count). The van der Waals surface area contributed by atoms with Crippen LogP contribution in [0.2, 0.25) is 5.02 Å². The molecule has 1 aromatic carbocycles. The molecule has 0 spiro atoms. The molecule has 3 nitrogen and oxygen atoms in total. The summed E-state index contributed by atoms with van der Waals surface area (Å²) in [5, 5.41) is 18.5. The van der Waals surface area contributed by atoms with Gasteiger partial charge in [0.05, 0.1) is 5.57 Å². The van der Waals surface area contributed by atoms with Gasteiger partial charge in [-0.3, -0.25) is 0 Å². The Morgan fingerprint density at radius 1 is 1.43 bits per heavy atom. The first-order valence-electron chi connectivity index (χ1n) is 3.88. The molecule has 74 valence electrons. The van der Waals surface area contributed by atoms with E-state index in [4.69, 9.17) is 16.7 Å². The van der Waals surface area contributed by atoms with Crippen molar-refractivity contribution in [2.24, 2.45) is 0 Å². The van der Waals surface area contributed by atoms with Crippen LogP contribution in [0.15, 0.2) is 36.4 Å². The van der Waals surface area contributed by atoms with Crippen LogP contribution < -0.4 is 0 Å². The van der Waals surface area contributed by atoms with Gasteiger partial charge >= 0.3 is 5.97 Å². The molecule has 4 heteroatoms. The lowest BCUT2D eigenvalue weighted by atomic mass is 10.0. The van der Waals surface area contributed by atoms with Gasteiger partial charge in [0.1, 0.15) is 6.10 Å². The van der Waals surface area contributed by atoms with Crippen LogP contribution >= 0.6 is 11.6 Å². The first-order chi connectivity index (χ1) is 6.54. The van der Waals surface area contributed by atoms with E-state index in [1.807, 2.05) is 0 Å². The molecule has 1 aromatic rings. The maximum Gasteiger partial charge on any atom is 0.333 e. The van der Waals surface area contributed by atoms with E-state index in [1.165, 1.54) is 0 Å². The van der Waals surface area contributed by atoms with Gasteiger partial charge in [0.2, 0.25) is 0 Å². The van der Waals surface area contributed by atoms with Gasteiger partial charge in [0.15, 0.2) is 0 Å². The Bertz CT molecular complexity index is 373. The van der Waals surface area contributed by atoms with Gasteiger partial charge in [0.25, 0.3) is 0 Å². The molecule has 0 bridgehead atoms. The highest BCUT2D eigenvalue weighted by molar-refractivity contribution is 6.31. The predicted molar refractivity (Wildman–Crippen MR) is 53.2 cm³/mol. The molecule has 1 atom stereocenters. The number of rotatable bonds is 3. The maximum atomic E-state index is 10.5. The average molecular weight is 213 g/mol. The number of hydrogen-bond donors (Lipinski definition) is 2. The fraction of sp³-hybridized carbons (Fsp3) is 0.100. The molecule has 0 aliphatic rings. The summed E-state index contributed by atoms with van der Waals surface area (Å²) < 4.78 is 0. The van der Waals surface area contributed by atoms with E-state index in [1.54, 1.807) is 24.3 Å². The van der Waals surface area contributed by atoms with Crippen LogP contribution in [0.5, 0.6) is 0 Å². The van der Waals surface area contributed by atoms with Crippen molar-refractivity contribution in [1.82, 2.24) is 0 Å². The third-order valence-electron chi connectivity index (χ3n) is 1.80. The zero-order valence-corrected chi connectivity index (χ0v) is 8.03. The Hall–Kier alpha value is -1.32. The Kier molecular flexibility index (Phi) is 3.28. The number of benzene rings is 1. The smallest absolute Gasteiger partial charge is 0.333 e. The van der Waals surface area contributed by atoms with Crippen molar-refractivity contribution in [2.45, 2.75) is 6.10 Å². The summed E-state index contributed by atoms with van der Waals surface area (Å²) in [5.41, 5.74) is 0.0552. The summed E-state index contributed by atoms with van der Waals surface area (Å²) in [5.74, 6) is -1.24. The van der Waals surface area contributed by atoms with Crippen molar-refractivity contribution in [3.63, 3.8) is 0 Å². The lowest BCUT2D eigenvalue weighted by molar-refractivity contribution is -0.133. The van der Waals surface area contributed by atoms with Crippen LogP contribution in [0.1, 0.15) is 11.7 Å². The summed E-state index contributed by atoms with van der Waals surface area (Å²) >= 11 is 5.77. The number of halogens is 1. The van der Waals surface area contributed by atoms with E-state index in [0.717, 1.165) is 0 Å². The third-order valence-corrected chi connectivity index (χ3v) is 2.15. The number of aliphatic carboxylic acids is 1. The molecule has 0 saturated heterocycles. The Balaban J connectivity index is 3.01. The standard InChI is InChI=1S/C10H9ClO3/c1-6(10(13)14)9(12)7-4-2-3-5-8(7)11/h2-5,9,12H,1H2,(H,13,14)/t9-/m1/s1. The highest BCUT2D eigenvalue weighted by Crippen LogP contribution is 2.26. The number of carbonyl (C=O) groups is 1. The molecule has 0 aliphatic heterocycles. The predicted octanol–water partition coefficient (Wildman–Crippen LogP) is 2.01. The topological polar surface area (TPSA) is 57.5 Å². The normalized spacial score (nSPS) is 12.1. The number of aliphatic hydroxyl groups excluding tert-OH is 1. The van der Waals surface area contributed by atoms with Gasteiger partial charge < -0.3 is 10.2 Å². The second-order valence-electron chi connectivity index (χ2n) is 2.75. The van der Waals surface area contributed by atoms with Crippen molar-refractivity contribution < 1.29 is 15.0 Å². The van der Waals surface area contributed by atoms with Crippen molar-refractivity contribution in [3.8, 4) is 0 Å². The van der Waals surface area contributed by atoms with Gasteiger partial charge in [-0.05, 0) is 6.07 Å². The summed E-state index contributed by atoms with van der Waals surface area (Å²) in [6.45, 7) is 3.26. The SMILES string of the molecule is C=C(C(=O)O)[C@@H](O)c1ccccc1Cl. The van der Waals surface area contributed by atoms with E-state index in [2.05, 4.69) is 6.58 Å². The summed E-state index contributed by atoms with van der Waals surface area (Å²) in [4.78, 5) is 10.5. The Labute approximate surface area is 86.3 Å². The van der Waals surface area contributed by atoms with Crippen LogP contribution in [-0.4, -0.2) is 16.2 Å². The second-order valence-corrected chi connectivity index (χ2v) is 3.16. The maximum absolute atomic E-state index is 10.5. The molecule has 0 aliphatic carbocycles. The molecule has 2 N–H and O–H groups in total. The lowest BCUT2D eigenvalue weighted by Crippen LogP contribution is -2.09. The molecule has 0 unspecified atom stereocenters. The summed E-state index contributed by atoms with van der Waals surface area (Å²) in [6, 6.07) is 6.50. The van der Waals surface area contributed by atoms with Crippen molar-refractivity contribution in [3.05, 3.63) is 47.0 Å². The summed E-state index contributed by atoms with van der Waals surface area (Å²) in [7, 11) is 0. The highest BCUT2D eigenvalue weighted by Gasteiger charge is 2.19. The summed E-state index contributed by atoms with van der Waals surface area (Å²) in [6.07, 6.45) is -1.26. The van der Waals surface area contributed by atoms with Crippen LogP contribution in [0.4, 0.5) is 0 Å². The fourth-order valence-corrected chi connectivity index (χ4v) is 1.24. The van der Waals surface area contributed by atoms with Gasteiger partial charge in [-0.2, -0.15) is 0 Å². The minimum absolute atomic E-state index is 0.293. The first kappa shape index (κ1) is 10.8. The molecular formula is C10H9ClO3. The molecule has 0 saturated carbocycles. The zero-order chi connectivity index (χ0) is 10.7. The van der Waals surface area contributed by atoms with Gasteiger partial charge in [0, 0.05) is 10.6 Å². The average Bonchev–Trinajstić information content (AvgIpc) is 2.16. The van der Waals surface area contributed by atoms with Gasteiger partial charge in [-0.15, -0.1) is 0 Å². The second kappa shape index (κ2) is 4.26. The Morgan fingerprint density at radius 3 is 2.50 bits per heavy atom. The Morgan fingerprint density at radius 2 is 2.00 bits per heavy atom. The van der Waals surface area contributed by atoms with Crippen molar-refractivity contribution in [2.75, 3.05) is 0 Å². The van der Waals surface area contributed by atoms with E-state index < -0.39 is 12.1 Å². The molecule has 0 aromatic heterocycles. The van der Waals surface area contributed by atoms with Crippen LogP contribution in [-0.2, 0) is 4.79 Å². The number of aliphatic hydroxyl groups is 1. The molecule has 0 fully saturated rings. The first-order valence-corrected chi connectivity index (χ1v) is 4.26. The lowest BCUT2D eigenvalue weighted by Gasteiger charge is -2.11. The highest BCUT2D eigenvalue weighted by atomic mass is 35.5. The number of hydrogen-bond acceptors (Lipinski definition) is 2. The number of carboxylic acid groups (broad SMARTS) is 1. The van der Waals surface area contributed by atoms with Crippen molar-refractivity contribution in [1.29, 1.82) is 0 Å². The van der Waals surface area contributed by atoms with Crippen LogP contribution in [0, 0.1) is 0 Å². The quantitative estimate of drug-likeness (QED) is 0.754. The molecule has 14 heavy (non-hydrogen) atoms. The minimum Gasteiger partial charge on any atom is -0.478 e. The van der Waals surface area contributed by atoms with E-state index in [0.29, 0.717) is 10.6 Å². The molecule has 0 amide bonds. The van der Waals surface area contributed by atoms with Crippen molar-refractivity contribution >= 4 is 17.6 Å². The van der Waals surface area contributed by atoms with E-state index in [-0.39, 0.29) is 5.57 Å². The molecule has 0 heterocycles. The minimum atomic E-state index is -1.26. The third kappa shape index (κ3) is 2.13.